The number of amides is 3. The van der Waals surface area contributed by atoms with Crippen molar-refractivity contribution in [1.29, 1.82) is 0 Å². The lowest BCUT2D eigenvalue weighted by atomic mass is 10.1. The SMILES string of the molecule is CC(C)CC(=O)Nc1ccc(NC(=O)CNc2ccccc2C(N)=O)cc1. The average molecular weight is 368 g/mol. The molecule has 0 spiro atoms. The van der Waals surface area contributed by atoms with Gasteiger partial charge in [-0.3, -0.25) is 14.4 Å². The summed E-state index contributed by atoms with van der Waals surface area (Å²) in [5.74, 6) is -0.589. The maximum atomic E-state index is 12.1. The molecule has 27 heavy (non-hydrogen) atoms. The van der Waals surface area contributed by atoms with Gasteiger partial charge in [0.05, 0.1) is 12.1 Å². The molecular weight excluding hydrogens is 344 g/mol. The summed E-state index contributed by atoms with van der Waals surface area (Å²) in [6, 6.07) is 13.6. The molecule has 0 aromatic heterocycles. The minimum Gasteiger partial charge on any atom is -0.376 e. The quantitative estimate of drug-likeness (QED) is 0.574. The van der Waals surface area contributed by atoms with Gasteiger partial charge < -0.3 is 21.7 Å². The fourth-order valence-electron chi connectivity index (χ4n) is 2.45. The van der Waals surface area contributed by atoms with Crippen LogP contribution in [0.4, 0.5) is 17.1 Å². The van der Waals surface area contributed by atoms with E-state index in [9.17, 15) is 14.4 Å². The van der Waals surface area contributed by atoms with Gasteiger partial charge >= 0.3 is 0 Å². The van der Waals surface area contributed by atoms with E-state index >= 15 is 0 Å². The van der Waals surface area contributed by atoms with Crippen molar-refractivity contribution < 1.29 is 14.4 Å². The highest BCUT2D eigenvalue weighted by Gasteiger charge is 2.09. The largest absolute Gasteiger partial charge is 0.376 e. The van der Waals surface area contributed by atoms with Gasteiger partial charge in [0.2, 0.25) is 11.8 Å². The van der Waals surface area contributed by atoms with E-state index in [0.29, 0.717) is 29.0 Å². The standard InChI is InChI=1S/C20H24N4O3/c1-13(2)11-18(25)23-14-7-9-15(10-8-14)24-19(26)12-22-17-6-4-3-5-16(17)20(21)27/h3-10,13,22H,11-12H2,1-2H3,(H2,21,27)(H,23,25)(H,24,26). The highest BCUT2D eigenvalue weighted by Crippen LogP contribution is 2.16. The summed E-state index contributed by atoms with van der Waals surface area (Å²) in [6.07, 6.45) is 0.455. The van der Waals surface area contributed by atoms with Gasteiger partial charge in [-0.15, -0.1) is 0 Å². The van der Waals surface area contributed by atoms with Crippen molar-refractivity contribution in [1.82, 2.24) is 0 Å². The molecule has 2 rings (SSSR count). The van der Waals surface area contributed by atoms with Gasteiger partial charge in [-0.25, -0.2) is 0 Å². The van der Waals surface area contributed by atoms with E-state index in [2.05, 4.69) is 16.0 Å². The zero-order chi connectivity index (χ0) is 19.8. The van der Waals surface area contributed by atoms with Crippen LogP contribution in [-0.4, -0.2) is 24.3 Å². The second-order valence-corrected chi connectivity index (χ2v) is 6.54. The predicted octanol–water partition coefficient (Wildman–Crippen LogP) is 2.82. The summed E-state index contributed by atoms with van der Waals surface area (Å²) in [7, 11) is 0. The first-order valence-electron chi connectivity index (χ1n) is 8.67. The smallest absolute Gasteiger partial charge is 0.250 e. The van der Waals surface area contributed by atoms with Crippen LogP contribution in [0.25, 0.3) is 0 Å². The Bertz CT molecular complexity index is 816. The van der Waals surface area contributed by atoms with Crippen molar-refractivity contribution in [3.63, 3.8) is 0 Å². The molecule has 0 atom stereocenters. The molecule has 3 amide bonds. The van der Waals surface area contributed by atoms with Crippen LogP contribution in [0.2, 0.25) is 0 Å². The predicted molar refractivity (Wildman–Crippen MR) is 107 cm³/mol. The number of rotatable bonds is 8. The van der Waals surface area contributed by atoms with E-state index in [1.807, 2.05) is 13.8 Å². The van der Waals surface area contributed by atoms with Crippen molar-refractivity contribution >= 4 is 34.8 Å². The van der Waals surface area contributed by atoms with E-state index < -0.39 is 5.91 Å². The normalized spacial score (nSPS) is 10.3. The second kappa shape index (κ2) is 9.38. The maximum Gasteiger partial charge on any atom is 0.250 e. The van der Waals surface area contributed by atoms with E-state index in [4.69, 9.17) is 5.73 Å². The summed E-state index contributed by atoms with van der Waals surface area (Å²) in [5.41, 5.74) is 7.42. The Kier molecular flexibility index (Phi) is 6.93. The Morgan fingerprint density at radius 2 is 1.44 bits per heavy atom. The first-order chi connectivity index (χ1) is 12.8. The highest BCUT2D eigenvalue weighted by molar-refractivity contribution is 6.00. The van der Waals surface area contributed by atoms with Crippen LogP contribution in [-0.2, 0) is 9.59 Å². The molecule has 142 valence electrons. The number of benzene rings is 2. The van der Waals surface area contributed by atoms with Crippen LogP contribution in [0.1, 0.15) is 30.6 Å². The molecule has 0 bridgehead atoms. The Morgan fingerprint density at radius 1 is 0.889 bits per heavy atom. The minimum absolute atomic E-state index is 0.0167. The molecule has 7 heteroatoms. The Labute approximate surface area is 158 Å². The van der Waals surface area contributed by atoms with Crippen LogP contribution in [0, 0.1) is 5.92 Å². The van der Waals surface area contributed by atoms with Crippen LogP contribution < -0.4 is 21.7 Å². The van der Waals surface area contributed by atoms with Crippen molar-refractivity contribution in [2.75, 3.05) is 22.5 Å². The Morgan fingerprint density at radius 3 is 2.00 bits per heavy atom. The van der Waals surface area contributed by atoms with Crippen molar-refractivity contribution in [3.8, 4) is 0 Å². The molecular formula is C20H24N4O3. The van der Waals surface area contributed by atoms with Gasteiger partial charge in [0, 0.05) is 23.5 Å². The number of hydrogen-bond donors (Lipinski definition) is 4. The molecule has 0 saturated carbocycles. The number of hydrogen-bond acceptors (Lipinski definition) is 4. The summed E-state index contributed by atoms with van der Waals surface area (Å²) in [5, 5.41) is 8.45. The van der Waals surface area contributed by atoms with E-state index in [-0.39, 0.29) is 24.3 Å². The molecule has 0 heterocycles. The van der Waals surface area contributed by atoms with Crippen molar-refractivity contribution in [3.05, 3.63) is 54.1 Å². The van der Waals surface area contributed by atoms with Gasteiger partial charge in [0.25, 0.3) is 5.91 Å². The lowest BCUT2D eigenvalue weighted by Crippen LogP contribution is -2.23. The molecule has 0 saturated heterocycles. The topological polar surface area (TPSA) is 113 Å². The molecule has 0 aliphatic rings. The lowest BCUT2D eigenvalue weighted by molar-refractivity contribution is -0.117. The monoisotopic (exact) mass is 368 g/mol. The number of primary amides is 1. The number of carbonyl (C=O) groups excluding carboxylic acids is 3. The maximum absolute atomic E-state index is 12.1. The molecule has 0 radical (unpaired) electrons. The third kappa shape index (κ3) is 6.47. The fraction of sp³-hybridized carbons (Fsp3) is 0.250. The zero-order valence-electron chi connectivity index (χ0n) is 15.4. The first-order valence-corrected chi connectivity index (χ1v) is 8.67. The third-order valence-electron chi connectivity index (χ3n) is 3.68. The molecule has 2 aromatic carbocycles. The van der Waals surface area contributed by atoms with Crippen LogP contribution in [0.3, 0.4) is 0 Å². The number of para-hydroxylation sites is 1. The zero-order valence-corrected chi connectivity index (χ0v) is 15.4. The average Bonchev–Trinajstić information content (AvgIpc) is 2.61. The first kappa shape index (κ1) is 20.0. The Hall–Kier alpha value is -3.35. The number of anilines is 3. The molecule has 7 nitrogen and oxygen atoms in total. The van der Waals surface area contributed by atoms with Crippen LogP contribution in [0.15, 0.2) is 48.5 Å². The van der Waals surface area contributed by atoms with Gasteiger partial charge in [-0.2, -0.15) is 0 Å². The summed E-state index contributed by atoms with van der Waals surface area (Å²) >= 11 is 0. The van der Waals surface area contributed by atoms with E-state index in [1.165, 1.54) is 0 Å². The van der Waals surface area contributed by atoms with Crippen LogP contribution in [0.5, 0.6) is 0 Å². The van der Waals surface area contributed by atoms with Gasteiger partial charge in [0.15, 0.2) is 0 Å². The van der Waals surface area contributed by atoms with Crippen molar-refractivity contribution in [2.24, 2.45) is 11.7 Å². The fourth-order valence-corrected chi connectivity index (χ4v) is 2.45. The van der Waals surface area contributed by atoms with Gasteiger partial charge in [-0.1, -0.05) is 26.0 Å². The van der Waals surface area contributed by atoms with E-state index in [0.717, 1.165) is 0 Å². The summed E-state index contributed by atoms with van der Waals surface area (Å²) in [4.78, 5) is 35.2. The molecule has 0 aliphatic heterocycles. The summed E-state index contributed by atoms with van der Waals surface area (Å²) < 4.78 is 0. The van der Waals surface area contributed by atoms with E-state index in [1.54, 1.807) is 48.5 Å². The minimum atomic E-state index is -0.561. The number of nitrogens with one attached hydrogen (secondary N) is 3. The molecule has 0 unspecified atom stereocenters. The number of nitrogens with two attached hydrogens (primary N) is 1. The Balaban J connectivity index is 1.87. The molecule has 5 N–H and O–H groups in total. The number of carbonyl (C=O) groups is 3. The lowest BCUT2D eigenvalue weighted by Gasteiger charge is -2.11. The second-order valence-electron chi connectivity index (χ2n) is 6.54. The third-order valence-corrected chi connectivity index (χ3v) is 3.68. The van der Waals surface area contributed by atoms with Gasteiger partial charge in [-0.05, 0) is 42.3 Å². The molecule has 0 fully saturated rings. The van der Waals surface area contributed by atoms with Gasteiger partial charge in [0.1, 0.15) is 0 Å². The molecule has 0 aliphatic carbocycles. The van der Waals surface area contributed by atoms with Crippen LogP contribution >= 0.6 is 0 Å². The molecule has 2 aromatic rings. The summed E-state index contributed by atoms with van der Waals surface area (Å²) in [6.45, 7) is 3.94. The highest BCUT2D eigenvalue weighted by atomic mass is 16.2. The van der Waals surface area contributed by atoms with Crippen molar-refractivity contribution in [2.45, 2.75) is 20.3 Å².